The van der Waals surface area contributed by atoms with Crippen LogP contribution in [0.4, 0.5) is 5.82 Å². The van der Waals surface area contributed by atoms with Crippen LogP contribution in [-0.4, -0.2) is 61.2 Å². The molecule has 0 atom stereocenters. The van der Waals surface area contributed by atoms with Gasteiger partial charge in [0.2, 0.25) is 5.89 Å². The van der Waals surface area contributed by atoms with Crippen LogP contribution in [0.1, 0.15) is 11.7 Å². The maximum absolute atomic E-state index is 5.01. The number of aryl methyl sites for hydroxylation is 1. The van der Waals surface area contributed by atoms with Crippen molar-refractivity contribution < 1.29 is 4.52 Å². The number of imidazole rings is 1. The minimum absolute atomic E-state index is 0.608. The maximum atomic E-state index is 5.01. The molecule has 9 nitrogen and oxygen atoms in total. The lowest BCUT2D eigenvalue weighted by Crippen LogP contribution is -2.46. The highest BCUT2D eigenvalue weighted by Crippen LogP contribution is 2.21. The van der Waals surface area contributed by atoms with Crippen LogP contribution in [0.2, 0.25) is 0 Å². The van der Waals surface area contributed by atoms with Crippen molar-refractivity contribution in [2.75, 3.05) is 31.1 Å². The standard InChI is InChI=1S/C13H16N8O/c1-9-18-10(19-22-9)6-20-2-4-21(5-3-20)13-11-12(15-7-14-11)16-8-17-13/h7-8H,2-6H2,1H3,(H,14,15,16,17). The number of rotatable bonds is 3. The smallest absolute Gasteiger partial charge is 0.223 e. The van der Waals surface area contributed by atoms with Crippen molar-refractivity contribution >= 4 is 17.0 Å². The van der Waals surface area contributed by atoms with Gasteiger partial charge < -0.3 is 14.4 Å². The third-order valence-electron chi connectivity index (χ3n) is 3.81. The topological polar surface area (TPSA) is 99.9 Å². The summed E-state index contributed by atoms with van der Waals surface area (Å²) in [5.74, 6) is 2.26. The second-order valence-electron chi connectivity index (χ2n) is 5.29. The molecule has 0 radical (unpaired) electrons. The normalized spacial score (nSPS) is 16.5. The molecule has 0 aliphatic carbocycles. The molecule has 114 valence electrons. The van der Waals surface area contributed by atoms with Crippen LogP contribution >= 0.6 is 0 Å². The van der Waals surface area contributed by atoms with Gasteiger partial charge in [-0.25, -0.2) is 15.0 Å². The highest BCUT2D eigenvalue weighted by molar-refractivity contribution is 5.82. The average molecular weight is 300 g/mol. The van der Waals surface area contributed by atoms with E-state index in [4.69, 9.17) is 4.52 Å². The molecule has 0 bridgehead atoms. The van der Waals surface area contributed by atoms with Crippen molar-refractivity contribution in [3.8, 4) is 0 Å². The zero-order chi connectivity index (χ0) is 14.9. The molecular formula is C13H16N8O. The molecule has 0 spiro atoms. The second-order valence-corrected chi connectivity index (χ2v) is 5.29. The summed E-state index contributed by atoms with van der Waals surface area (Å²) >= 11 is 0. The SMILES string of the molecule is Cc1nc(CN2CCN(c3ncnc4nc[nH]c34)CC2)no1. The Hall–Kier alpha value is -2.55. The van der Waals surface area contributed by atoms with Gasteiger partial charge in [-0.3, -0.25) is 4.90 Å². The third kappa shape index (κ3) is 2.39. The van der Waals surface area contributed by atoms with Crippen molar-refractivity contribution in [1.29, 1.82) is 0 Å². The van der Waals surface area contributed by atoms with Gasteiger partial charge in [0.15, 0.2) is 17.3 Å². The summed E-state index contributed by atoms with van der Waals surface area (Å²) < 4.78 is 5.01. The number of hydrogen-bond donors (Lipinski definition) is 1. The molecule has 3 aromatic rings. The van der Waals surface area contributed by atoms with Gasteiger partial charge in [0.1, 0.15) is 11.8 Å². The van der Waals surface area contributed by atoms with E-state index in [2.05, 4.69) is 39.9 Å². The second kappa shape index (κ2) is 5.34. The Balaban J connectivity index is 1.44. The van der Waals surface area contributed by atoms with Crippen molar-refractivity contribution in [2.45, 2.75) is 13.5 Å². The third-order valence-corrected chi connectivity index (χ3v) is 3.81. The first kappa shape index (κ1) is 13.1. The zero-order valence-corrected chi connectivity index (χ0v) is 12.2. The Morgan fingerprint density at radius 1 is 1.18 bits per heavy atom. The summed E-state index contributed by atoms with van der Waals surface area (Å²) in [6, 6.07) is 0. The van der Waals surface area contributed by atoms with Crippen LogP contribution in [0.25, 0.3) is 11.2 Å². The van der Waals surface area contributed by atoms with Crippen LogP contribution in [-0.2, 0) is 6.54 Å². The number of aromatic amines is 1. The number of nitrogens with one attached hydrogen (secondary N) is 1. The minimum Gasteiger partial charge on any atom is -0.352 e. The van der Waals surface area contributed by atoms with Gasteiger partial charge in [-0.2, -0.15) is 4.98 Å². The Morgan fingerprint density at radius 2 is 2.05 bits per heavy atom. The number of H-pyrrole nitrogens is 1. The molecule has 4 heterocycles. The van der Waals surface area contributed by atoms with Crippen LogP contribution in [0.15, 0.2) is 17.2 Å². The summed E-state index contributed by atoms with van der Waals surface area (Å²) in [6.45, 7) is 6.15. The summed E-state index contributed by atoms with van der Waals surface area (Å²) in [4.78, 5) is 24.7. The van der Waals surface area contributed by atoms with Gasteiger partial charge in [0.25, 0.3) is 0 Å². The quantitative estimate of drug-likeness (QED) is 0.740. The fraction of sp³-hybridized carbons (Fsp3) is 0.462. The van der Waals surface area contributed by atoms with E-state index in [1.54, 1.807) is 19.6 Å². The van der Waals surface area contributed by atoms with Gasteiger partial charge in [-0.1, -0.05) is 5.16 Å². The van der Waals surface area contributed by atoms with Gasteiger partial charge in [-0.15, -0.1) is 0 Å². The molecule has 1 aliphatic heterocycles. The zero-order valence-electron chi connectivity index (χ0n) is 12.2. The van der Waals surface area contributed by atoms with Crippen molar-refractivity contribution in [2.24, 2.45) is 0 Å². The average Bonchev–Trinajstić information content (AvgIpc) is 3.16. The number of aromatic nitrogens is 6. The minimum atomic E-state index is 0.608. The lowest BCUT2D eigenvalue weighted by molar-refractivity contribution is 0.239. The Kier molecular flexibility index (Phi) is 3.19. The lowest BCUT2D eigenvalue weighted by atomic mass is 10.3. The fourth-order valence-electron chi connectivity index (χ4n) is 2.72. The first-order valence-electron chi connectivity index (χ1n) is 7.20. The van der Waals surface area contributed by atoms with E-state index in [0.29, 0.717) is 18.1 Å². The van der Waals surface area contributed by atoms with Gasteiger partial charge in [0, 0.05) is 33.1 Å². The van der Waals surface area contributed by atoms with Gasteiger partial charge in [0.05, 0.1) is 12.9 Å². The predicted octanol–water partition coefficient (Wildman–Crippen LogP) is 0.367. The Morgan fingerprint density at radius 3 is 2.82 bits per heavy atom. The van der Waals surface area contributed by atoms with Crippen molar-refractivity contribution in [3.63, 3.8) is 0 Å². The molecule has 1 aliphatic rings. The van der Waals surface area contributed by atoms with Crippen LogP contribution in [0, 0.1) is 6.92 Å². The van der Waals surface area contributed by atoms with E-state index < -0.39 is 0 Å². The molecule has 3 aromatic heterocycles. The number of fused-ring (bicyclic) bond motifs is 1. The van der Waals surface area contributed by atoms with E-state index in [1.165, 1.54) is 0 Å². The summed E-state index contributed by atoms with van der Waals surface area (Å²) in [7, 11) is 0. The van der Waals surface area contributed by atoms with Gasteiger partial charge in [-0.05, 0) is 0 Å². The number of piperazine rings is 1. The lowest BCUT2D eigenvalue weighted by Gasteiger charge is -2.34. The van der Waals surface area contributed by atoms with Crippen LogP contribution < -0.4 is 4.90 Å². The maximum Gasteiger partial charge on any atom is 0.223 e. The molecule has 22 heavy (non-hydrogen) atoms. The monoisotopic (exact) mass is 300 g/mol. The Bertz CT molecular complexity index is 773. The molecule has 9 heteroatoms. The number of anilines is 1. The van der Waals surface area contributed by atoms with E-state index in [9.17, 15) is 0 Å². The molecule has 0 aromatic carbocycles. The highest BCUT2D eigenvalue weighted by Gasteiger charge is 2.21. The summed E-state index contributed by atoms with van der Waals surface area (Å²) in [6.07, 6.45) is 3.21. The van der Waals surface area contributed by atoms with Crippen LogP contribution in [0.5, 0.6) is 0 Å². The molecular weight excluding hydrogens is 284 g/mol. The molecule has 0 unspecified atom stereocenters. The number of hydrogen-bond acceptors (Lipinski definition) is 8. The van der Waals surface area contributed by atoms with Crippen molar-refractivity contribution in [3.05, 3.63) is 24.4 Å². The molecule has 4 rings (SSSR count). The molecule has 1 N–H and O–H groups in total. The first-order chi connectivity index (χ1) is 10.8. The van der Waals surface area contributed by atoms with Crippen molar-refractivity contribution in [1.82, 2.24) is 35.0 Å². The molecule has 0 saturated carbocycles. The van der Waals surface area contributed by atoms with E-state index in [-0.39, 0.29) is 0 Å². The fourth-order valence-corrected chi connectivity index (χ4v) is 2.72. The largest absolute Gasteiger partial charge is 0.352 e. The van der Waals surface area contributed by atoms with Gasteiger partial charge >= 0.3 is 0 Å². The first-order valence-corrected chi connectivity index (χ1v) is 7.20. The summed E-state index contributed by atoms with van der Waals surface area (Å²) in [5.41, 5.74) is 1.60. The summed E-state index contributed by atoms with van der Waals surface area (Å²) in [5, 5.41) is 3.95. The Labute approximate surface area is 126 Å². The van der Waals surface area contributed by atoms with E-state index >= 15 is 0 Å². The molecule has 1 fully saturated rings. The molecule has 0 amide bonds. The van der Waals surface area contributed by atoms with E-state index in [1.807, 2.05) is 0 Å². The highest BCUT2D eigenvalue weighted by atomic mass is 16.5. The molecule has 1 saturated heterocycles. The van der Waals surface area contributed by atoms with Crippen LogP contribution in [0.3, 0.4) is 0 Å². The van der Waals surface area contributed by atoms with E-state index in [0.717, 1.165) is 43.3 Å². The predicted molar refractivity (Wildman–Crippen MR) is 78.2 cm³/mol. The number of nitrogens with zero attached hydrogens (tertiary/aromatic N) is 7.